The zero-order valence-corrected chi connectivity index (χ0v) is 18.3. The fourth-order valence-electron chi connectivity index (χ4n) is 5.00. The van der Waals surface area contributed by atoms with E-state index in [0.29, 0.717) is 13.0 Å². The summed E-state index contributed by atoms with van der Waals surface area (Å²) in [6, 6.07) is 12.0. The van der Waals surface area contributed by atoms with Crippen LogP contribution in [0.2, 0.25) is 0 Å². The largest absolute Gasteiger partial charge is 0.339 e. The lowest BCUT2D eigenvalue weighted by Crippen LogP contribution is -2.52. The van der Waals surface area contributed by atoms with Gasteiger partial charge in [0.25, 0.3) is 5.91 Å². The van der Waals surface area contributed by atoms with Crippen LogP contribution in [0, 0.1) is 26.2 Å². The third kappa shape index (κ3) is 4.40. The molecule has 3 heterocycles. The van der Waals surface area contributed by atoms with Gasteiger partial charge in [-0.1, -0.05) is 23.3 Å². The lowest BCUT2D eigenvalue weighted by Gasteiger charge is -2.47. The summed E-state index contributed by atoms with van der Waals surface area (Å²) in [7, 11) is 0. The van der Waals surface area contributed by atoms with Crippen molar-refractivity contribution in [3.63, 3.8) is 0 Å². The Balaban J connectivity index is 1.41. The number of likely N-dealkylation sites (tertiary alicyclic amines) is 2. The minimum atomic E-state index is 0.122. The van der Waals surface area contributed by atoms with Crippen molar-refractivity contribution < 1.29 is 9.59 Å². The number of carbonyl (C=O) groups is 2. The van der Waals surface area contributed by atoms with E-state index in [-0.39, 0.29) is 17.2 Å². The first-order valence-corrected chi connectivity index (χ1v) is 10.9. The highest BCUT2D eigenvalue weighted by Gasteiger charge is 2.41. The Bertz CT molecular complexity index is 940. The summed E-state index contributed by atoms with van der Waals surface area (Å²) >= 11 is 0. The van der Waals surface area contributed by atoms with Crippen molar-refractivity contribution in [1.82, 2.24) is 14.8 Å². The molecule has 158 valence electrons. The van der Waals surface area contributed by atoms with Gasteiger partial charge < -0.3 is 9.80 Å². The molecule has 30 heavy (non-hydrogen) atoms. The Morgan fingerprint density at radius 3 is 2.40 bits per heavy atom. The number of benzene rings is 1. The van der Waals surface area contributed by atoms with Gasteiger partial charge in [-0.25, -0.2) is 0 Å². The van der Waals surface area contributed by atoms with Gasteiger partial charge >= 0.3 is 0 Å². The van der Waals surface area contributed by atoms with E-state index in [9.17, 15) is 9.59 Å². The van der Waals surface area contributed by atoms with Crippen molar-refractivity contribution in [3.05, 3.63) is 64.5 Å². The number of nitrogens with zero attached hydrogens (tertiary/aromatic N) is 3. The molecule has 2 aliphatic rings. The van der Waals surface area contributed by atoms with Crippen LogP contribution in [0.5, 0.6) is 0 Å². The average Bonchev–Trinajstić information content (AvgIpc) is 2.70. The first-order chi connectivity index (χ1) is 14.3. The molecule has 2 aromatic rings. The Hall–Kier alpha value is -2.69. The average molecular weight is 406 g/mol. The lowest BCUT2D eigenvalue weighted by atomic mass is 9.72. The number of carbonyl (C=O) groups excluding carboxylic acids is 2. The first kappa shape index (κ1) is 20.6. The van der Waals surface area contributed by atoms with Crippen LogP contribution in [0.4, 0.5) is 0 Å². The van der Waals surface area contributed by atoms with Crippen LogP contribution in [0.15, 0.2) is 36.4 Å². The van der Waals surface area contributed by atoms with Crippen molar-refractivity contribution in [3.8, 4) is 0 Å². The molecule has 2 fully saturated rings. The van der Waals surface area contributed by atoms with E-state index in [1.807, 2.05) is 60.9 Å². The summed E-state index contributed by atoms with van der Waals surface area (Å²) in [6.07, 6.45) is 3.43. The molecule has 1 aromatic heterocycles. The maximum Gasteiger partial charge on any atom is 0.253 e. The van der Waals surface area contributed by atoms with Crippen molar-refractivity contribution in [1.29, 1.82) is 0 Å². The van der Waals surface area contributed by atoms with Crippen LogP contribution in [0.1, 0.15) is 58.6 Å². The summed E-state index contributed by atoms with van der Waals surface area (Å²) in [4.78, 5) is 34.1. The van der Waals surface area contributed by atoms with Gasteiger partial charge in [-0.2, -0.15) is 0 Å². The molecule has 0 unspecified atom stereocenters. The molecule has 0 atom stereocenters. The van der Waals surface area contributed by atoms with Gasteiger partial charge in [-0.15, -0.1) is 0 Å². The predicted octanol–water partition coefficient (Wildman–Crippen LogP) is 4.05. The minimum Gasteiger partial charge on any atom is -0.339 e. The highest BCUT2D eigenvalue weighted by Crippen LogP contribution is 2.40. The monoisotopic (exact) mass is 405 g/mol. The molecule has 2 aliphatic heterocycles. The quantitative estimate of drug-likeness (QED) is 0.774. The molecule has 1 spiro atoms. The van der Waals surface area contributed by atoms with E-state index in [1.165, 1.54) is 0 Å². The van der Waals surface area contributed by atoms with E-state index >= 15 is 0 Å². The first-order valence-electron chi connectivity index (χ1n) is 10.9. The van der Waals surface area contributed by atoms with Crippen LogP contribution in [0.3, 0.4) is 0 Å². The van der Waals surface area contributed by atoms with Crippen molar-refractivity contribution >= 4 is 11.8 Å². The number of aromatic nitrogens is 1. The molecule has 5 heteroatoms. The number of aryl methyl sites for hydroxylation is 3. The molecule has 0 aliphatic carbocycles. The summed E-state index contributed by atoms with van der Waals surface area (Å²) in [5, 5.41) is 0. The van der Waals surface area contributed by atoms with E-state index in [1.54, 1.807) is 0 Å². The molecular weight excluding hydrogens is 374 g/mol. The number of hydrogen-bond acceptors (Lipinski definition) is 3. The van der Waals surface area contributed by atoms with Gasteiger partial charge in [0.1, 0.15) is 0 Å². The van der Waals surface area contributed by atoms with Crippen LogP contribution in [-0.2, 0) is 11.3 Å². The Morgan fingerprint density at radius 2 is 1.73 bits per heavy atom. The van der Waals surface area contributed by atoms with Crippen molar-refractivity contribution in [2.75, 3.05) is 19.6 Å². The second-order valence-electron chi connectivity index (χ2n) is 9.19. The molecule has 4 rings (SSSR count). The van der Waals surface area contributed by atoms with Gasteiger partial charge in [0.15, 0.2) is 0 Å². The zero-order valence-electron chi connectivity index (χ0n) is 18.3. The van der Waals surface area contributed by atoms with E-state index in [0.717, 1.165) is 67.0 Å². The second-order valence-corrected chi connectivity index (χ2v) is 9.19. The molecule has 0 radical (unpaired) electrons. The molecule has 5 nitrogen and oxygen atoms in total. The molecule has 2 amide bonds. The van der Waals surface area contributed by atoms with Crippen LogP contribution in [-0.4, -0.2) is 46.2 Å². The molecule has 1 aromatic carbocycles. The van der Waals surface area contributed by atoms with Crippen molar-refractivity contribution in [2.45, 2.75) is 53.0 Å². The Morgan fingerprint density at radius 1 is 1.03 bits per heavy atom. The van der Waals surface area contributed by atoms with Crippen LogP contribution < -0.4 is 0 Å². The molecule has 0 bridgehead atoms. The van der Waals surface area contributed by atoms with E-state index in [4.69, 9.17) is 0 Å². The molecule has 2 saturated heterocycles. The van der Waals surface area contributed by atoms with Gasteiger partial charge in [0, 0.05) is 37.3 Å². The lowest BCUT2D eigenvalue weighted by molar-refractivity contribution is -0.139. The fraction of sp³-hybridized carbons (Fsp3) is 0.480. The normalized spacial score (nSPS) is 18.7. The maximum atomic E-state index is 13.0. The Labute approximate surface area is 179 Å². The summed E-state index contributed by atoms with van der Waals surface area (Å²) in [5.74, 6) is 0.349. The highest BCUT2D eigenvalue weighted by molar-refractivity contribution is 5.94. The predicted molar refractivity (Wildman–Crippen MR) is 117 cm³/mol. The highest BCUT2D eigenvalue weighted by atomic mass is 16.2. The smallest absolute Gasteiger partial charge is 0.253 e. The van der Waals surface area contributed by atoms with E-state index in [2.05, 4.69) is 11.1 Å². The van der Waals surface area contributed by atoms with Gasteiger partial charge in [0.2, 0.25) is 5.91 Å². The van der Waals surface area contributed by atoms with Crippen molar-refractivity contribution in [2.24, 2.45) is 5.41 Å². The Kier molecular flexibility index (Phi) is 5.63. The third-order valence-electron chi connectivity index (χ3n) is 6.63. The summed E-state index contributed by atoms with van der Waals surface area (Å²) < 4.78 is 0. The van der Waals surface area contributed by atoms with Crippen LogP contribution >= 0.6 is 0 Å². The van der Waals surface area contributed by atoms with E-state index < -0.39 is 0 Å². The van der Waals surface area contributed by atoms with Crippen LogP contribution in [0.25, 0.3) is 0 Å². The number of rotatable bonds is 3. The fourth-order valence-corrected chi connectivity index (χ4v) is 5.00. The number of pyridine rings is 1. The summed E-state index contributed by atoms with van der Waals surface area (Å²) in [6.45, 7) is 8.91. The van der Waals surface area contributed by atoms with Gasteiger partial charge in [-0.05, 0) is 69.7 Å². The maximum absolute atomic E-state index is 13.0. The zero-order chi connectivity index (χ0) is 21.3. The molecular formula is C25H31N3O2. The third-order valence-corrected chi connectivity index (χ3v) is 6.63. The summed E-state index contributed by atoms with van der Waals surface area (Å²) in [5.41, 5.74) is 5.08. The standard InChI is InChI=1S/C25H31N3O2/c1-18-13-19(2)15-21(14-18)24(30)27-11-9-25(10-12-27)8-7-23(29)28(17-25)16-22-6-4-5-20(3)26-22/h4-6,13-15H,7-12,16-17H2,1-3H3. The topological polar surface area (TPSA) is 53.5 Å². The molecule has 0 saturated carbocycles. The van der Waals surface area contributed by atoms with Gasteiger partial charge in [0.05, 0.1) is 12.2 Å². The number of amides is 2. The minimum absolute atomic E-state index is 0.122. The van der Waals surface area contributed by atoms with Gasteiger partial charge in [-0.3, -0.25) is 14.6 Å². The number of piperidine rings is 2. The second kappa shape index (κ2) is 8.21. The SMILES string of the molecule is Cc1cc(C)cc(C(=O)N2CCC3(CCC(=O)N(Cc4cccc(C)n4)C3)CC2)c1. The number of hydrogen-bond donors (Lipinski definition) is 0. The molecule has 0 N–H and O–H groups in total.